The molecule has 1 aromatic carbocycles. The maximum absolute atomic E-state index is 6.30. The molecule has 1 aromatic rings. The standard InChI is InChI=1S/C16H24BrClN2/c1-11-5-7-20(10-12(11)2)8-6-16(19)14-4-3-13(17)9-15(14)18/h3-4,9,11-12,16H,5-8,10,19H2,1-2H3. The molecule has 0 amide bonds. The number of rotatable bonds is 4. The zero-order valence-electron chi connectivity index (χ0n) is 12.3. The lowest BCUT2D eigenvalue weighted by molar-refractivity contribution is 0.135. The zero-order chi connectivity index (χ0) is 14.7. The van der Waals surface area contributed by atoms with Crippen LogP contribution in [0.1, 0.15) is 38.3 Å². The molecule has 3 unspecified atom stereocenters. The summed E-state index contributed by atoms with van der Waals surface area (Å²) in [4.78, 5) is 2.54. The maximum Gasteiger partial charge on any atom is 0.0464 e. The van der Waals surface area contributed by atoms with Crippen molar-refractivity contribution in [2.75, 3.05) is 19.6 Å². The van der Waals surface area contributed by atoms with Crippen molar-refractivity contribution in [1.82, 2.24) is 4.90 Å². The summed E-state index contributed by atoms with van der Waals surface area (Å²) in [5, 5.41) is 0.757. The monoisotopic (exact) mass is 358 g/mol. The van der Waals surface area contributed by atoms with Crippen molar-refractivity contribution in [2.45, 2.75) is 32.7 Å². The molecule has 4 heteroatoms. The van der Waals surface area contributed by atoms with Gasteiger partial charge in [0.2, 0.25) is 0 Å². The molecular weight excluding hydrogens is 336 g/mol. The van der Waals surface area contributed by atoms with Gasteiger partial charge in [0, 0.05) is 22.1 Å². The van der Waals surface area contributed by atoms with Crippen LogP contribution >= 0.6 is 27.5 Å². The van der Waals surface area contributed by atoms with E-state index in [1.165, 1.54) is 19.5 Å². The summed E-state index contributed by atoms with van der Waals surface area (Å²) < 4.78 is 0.997. The quantitative estimate of drug-likeness (QED) is 0.859. The normalized spacial score (nSPS) is 25.6. The third kappa shape index (κ3) is 4.20. The van der Waals surface area contributed by atoms with E-state index >= 15 is 0 Å². The van der Waals surface area contributed by atoms with Gasteiger partial charge in [-0.2, -0.15) is 0 Å². The summed E-state index contributed by atoms with van der Waals surface area (Å²) >= 11 is 9.69. The van der Waals surface area contributed by atoms with Gasteiger partial charge in [-0.3, -0.25) is 0 Å². The van der Waals surface area contributed by atoms with E-state index < -0.39 is 0 Å². The number of nitrogens with zero attached hydrogens (tertiary/aromatic N) is 1. The van der Waals surface area contributed by atoms with E-state index in [0.717, 1.165) is 39.9 Å². The second-order valence-electron chi connectivity index (χ2n) is 6.10. The Hall–Kier alpha value is -0.0900. The number of hydrogen-bond donors (Lipinski definition) is 1. The van der Waals surface area contributed by atoms with E-state index in [2.05, 4.69) is 34.7 Å². The van der Waals surface area contributed by atoms with E-state index in [-0.39, 0.29) is 6.04 Å². The number of halogens is 2. The van der Waals surface area contributed by atoms with E-state index in [4.69, 9.17) is 17.3 Å². The molecule has 20 heavy (non-hydrogen) atoms. The van der Waals surface area contributed by atoms with Gasteiger partial charge in [0.1, 0.15) is 0 Å². The largest absolute Gasteiger partial charge is 0.324 e. The Bertz CT molecular complexity index is 452. The van der Waals surface area contributed by atoms with Gasteiger partial charge < -0.3 is 10.6 Å². The van der Waals surface area contributed by atoms with Crippen LogP contribution in [0, 0.1) is 11.8 Å². The molecule has 0 aliphatic carbocycles. The molecule has 1 aliphatic heterocycles. The van der Waals surface area contributed by atoms with Gasteiger partial charge in [0.15, 0.2) is 0 Å². The van der Waals surface area contributed by atoms with Crippen LogP contribution in [0.3, 0.4) is 0 Å². The molecule has 0 bridgehead atoms. The Kier molecular flexibility index (Phi) is 5.91. The lowest BCUT2D eigenvalue weighted by atomic mass is 9.88. The first-order valence-electron chi connectivity index (χ1n) is 7.40. The highest BCUT2D eigenvalue weighted by atomic mass is 79.9. The predicted molar refractivity (Wildman–Crippen MR) is 90.1 cm³/mol. The van der Waals surface area contributed by atoms with Crippen LogP contribution in [0.5, 0.6) is 0 Å². The minimum Gasteiger partial charge on any atom is -0.324 e. The number of nitrogens with two attached hydrogens (primary N) is 1. The van der Waals surface area contributed by atoms with E-state index in [0.29, 0.717) is 0 Å². The molecule has 0 spiro atoms. The first kappa shape index (κ1) is 16.3. The molecule has 3 atom stereocenters. The number of likely N-dealkylation sites (tertiary alicyclic amines) is 1. The molecule has 0 saturated carbocycles. The topological polar surface area (TPSA) is 29.3 Å². The second kappa shape index (κ2) is 7.26. The van der Waals surface area contributed by atoms with Crippen molar-refractivity contribution >= 4 is 27.5 Å². The van der Waals surface area contributed by atoms with Gasteiger partial charge in [-0.05, 0) is 55.5 Å². The molecule has 0 radical (unpaired) electrons. The molecule has 2 rings (SSSR count). The summed E-state index contributed by atoms with van der Waals surface area (Å²) in [5.74, 6) is 1.64. The smallest absolute Gasteiger partial charge is 0.0464 e. The van der Waals surface area contributed by atoms with Crippen molar-refractivity contribution in [2.24, 2.45) is 17.6 Å². The highest BCUT2D eigenvalue weighted by molar-refractivity contribution is 9.10. The van der Waals surface area contributed by atoms with Crippen LogP contribution in [-0.4, -0.2) is 24.5 Å². The van der Waals surface area contributed by atoms with E-state index in [9.17, 15) is 0 Å². The summed E-state index contributed by atoms with van der Waals surface area (Å²) in [6.07, 6.45) is 2.26. The van der Waals surface area contributed by atoms with Crippen LogP contribution in [-0.2, 0) is 0 Å². The second-order valence-corrected chi connectivity index (χ2v) is 7.43. The molecule has 2 nitrogen and oxygen atoms in total. The van der Waals surface area contributed by atoms with Crippen molar-refractivity contribution in [3.8, 4) is 0 Å². The van der Waals surface area contributed by atoms with Crippen molar-refractivity contribution < 1.29 is 0 Å². The molecule has 0 aromatic heterocycles. The molecule has 2 N–H and O–H groups in total. The fraction of sp³-hybridized carbons (Fsp3) is 0.625. The summed E-state index contributed by atoms with van der Waals surface area (Å²) in [6, 6.07) is 5.97. The Morgan fingerprint density at radius 1 is 1.40 bits per heavy atom. The third-order valence-corrected chi connectivity index (χ3v) is 5.36. The fourth-order valence-electron chi connectivity index (χ4n) is 2.83. The SMILES string of the molecule is CC1CCN(CCC(N)c2ccc(Br)cc2Cl)CC1C. The van der Waals surface area contributed by atoms with Gasteiger partial charge in [-0.1, -0.05) is 47.4 Å². The van der Waals surface area contributed by atoms with Gasteiger partial charge in [0.05, 0.1) is 0 Å². The minimum absolute atomic E-state index is 0.0188. The first-order chi connectivity index (χ1) is 9.47. The first-order valence-corrected chi connectivity index (χ1v) is 8.57. The average Bonchev–Trinajstić information content (AvgIpc) is 2.40. The van der Waals surface area contributed by atoms with Crippen LogP contribution in [0.2, 0.25) is 5.02 Å². The van der Waals surface area contributed by atoms with Gasteiger partial charge in [-0.25, -0.2) is 0 Å². The number of piperidine rings is 1. The lowest BCUT2D eigenvalue weighted by Gasteiger charge is -2.35. The molecule has 1 aliphatic rings. The van der Waals surface area contributed by atoms with Gasteiger partial charge in [-0.15, -0.1) is 0 Å². The molecule has 1 heterocycles. The third-order valence-electron chi connectivity index (χ3n) is 4.54. The molecule has 1 saturated heterocycles. The summed E-state index contributed by atoms with van der Waals surface area (Å²) in [6.45, 7) is 8.16. The Balaban J connectivity index is 1.87. The molecular formula is C16H24BrClN2. The molecule has 1 fully saturated rings. The van der Waals surface area contributed by atoms with E-state index in [1.807, 2.05) is 18.2 Å². The van der Waals surface area contributed by atoms with Crippen LogP contribution in [0.25, 0.3) is 0 Å². The van der Waals surface area contributed by atoms with Crippen LogP contribution < -0.4 is 5.73 Å². The predicted octanol–water partition coefficient (Wildman–Crippen LogP) is 4.47. The highest BCUT2D eigenvalue weighted by Gasteiger charge is 2.23. The maximum atomic E-state index is 6.30. The van der Waals surface area contributed by atoms with Crippen LogP contribution in [0.4, 0.5) is 0 Å². The average molecular weight is 360 g/mol. The zero-order valence-corrected chi connectivity index (χ0v) is 14.6. The van der Waals surface area contributed by atoms with Crippen LogP contribution in [0.15, 0.2) is 22.7 Å². The van der Waals surface area contributed by atoms with Crippen molar-refractivity contribution in [3.63, 3.8) is 0 Å². The number of hydrogen-bond acceptors (Lipinski definition) is 2. The molecule has 112 valence electrons. The minimum atomic E-state index is 0.0188. The van der Waals surface area contributed by atoms with E-state index in [1.54, 1.807) is 0 Å². The van der Waals surface area contributed by atoms with Gasteiger partial charge in [0.25, 0.3) is 0 Å². The highest BCUT2D eigenvalue weighted by Crippen LogP contribution is 2.28. The van der Waals surface area contributed by atoms with Crippen molar-refractivity contribution in [1.29, 1.82) is 0 Å². The fourth-order valence-corrected chi connectivity index (χ4v) is 3.65. The number of benzene rings is 1. The Morgan fingerprint density at radius 2 is 2.15 bits per heavy atom. The Morgan fingerprint density at radius 3 is 2.80 bits per heavy atom. The summed E-state index contributed by atoms with van der Waals surface area (Å²) in [5.41, 5.74) is 7.35. The summed E-state index contributed by atoms with van der Waals surface area (Å²) in [7, 11) is 0. The van der Waals surface area contributed by atoms with Gasteiger partial charge >= 0.3 is 0 Å². The van der Waals surface area contributed by atoms with Crippen molar-refractivity contribution in [3.05, 3.63) is 33.3 Å². The Labute approximate surface area is 135 Å². The lowest BCUT2D eigenvalue weighted by Crippen LogP contribution is -2.39.